The first-order chi connectivity index (χ1) is 44.0. The van der Waals surface area contributed by atoms with Crippen LogP contribution in [0.2, 0.25) is 0 Å². The fraction of sp³-hybridized carbons (Fsp3) is 0.244. The van der Waals surface area contributed by atoms with Crippen LogP contribution in [0.25, 0.3) is 45.6 Å². The minimum atomic E-state index is -0.0705. The lowest BCUT2D eigenvalue weighted by Gasteiger charge is -2.65. The minimum Gasteiger partial charge on any atom is -0.255 e. The van der Waals surface area contributed by atoms with Crippen LogP contribution in [0.15, 0.2) is 183 Å². The van der Waals surface area contributed by atoms with Gasteiger partial charge in [0.25, 0.3) is 0 Å². The van der Waals surface area contributed by atoms with Gasteiger partial charge in [0.15, 0.2) is 0 Å². The maximum absolute atomic E-state index is 4.67. The second-order valence-electron chi connectivity index (χ2n) is 26.9. The standard InChI is InChI=1S/C82H54N8/c1-5-37-83-67(9-1)71-17-13-59(43-87-71)21-29-75-47-79(48-75,49-75)33-25-63-41-65(27-35-81-53-77(54-81,55-81)31-23-61-15-19-73(89-45-61)69-11-3-7-39-85-69)66(28-36-82-56-78(57-82,58-82)32-24-62-16-20-74(90-46-62)70-12-4-8-40-86-70)42-64(63)26-34-80-50-76(51-80,52-80)30-22-60-14-18-72(88-44-60)68-10-2-6-38-84-68/h1-20,37-46H,47-58H2. The van der Waals surface area contributed by atoms with E-state index in [1.165, 1.54) is 0 Å². The molecule has 8 nitrogen and oxygen atoms in total. The van der Waals surface area contributed by atoms with Gasteiger partial charge in [0.2, 0.25) is 0 Å². The molecule has 8 bridgehead atoms. The van der Waals surface area contributed by atoms with Crippen LogP contribution in [0.5, 0.6) is 0 Å². The van der Waals surface area contributed by atoms with E-state index in [0.29, 0.717) is 0 Å². The number of benzene rings is 1. The minimum absolute atomic E-state index is 0.0173. The molecular formula is C82H54N8. The maximum atomic E-state index is 4.67. The zero-order chi connectivity index (χ0) is 59.9. The molecule has 0 saturated heterocycles. The molecule has 12 saturated carbocycles. The van der Waals surface area contributed by atoms with Crippen molar-refractivity contribution in [2.45, 2.75) is 77.0 Å². The molecule has 12 aliphatic carbocycles. The molecule has 0 atom stereocenters. The van der Waals surface area contributed by atoms with E-state index in [9.17, 15) is 0 Å². The molecule has 8 heteroatoms. The summed E-state index contributed by atoms with van der Waals surface area (Å²) in [4.78, 5) is 36.5. The lowest BCUT2D eigenvalue weighted by atomic mass is 9.35. The Bertz CT molecular complexity index is 4280. The summed E-state index contributed by atoms with van der Waals surface area (Å²) in [6, 6.07) is 44.0. The Morgan fingerprint density at radius 2 is 0.411 bits per heavy atom. The number of aromatic nitrogens is 8. The van der Waals surface area contributed by atoms with Crippen LogP contribution >= 0.6 is 0 Å². The quantitative estimate of drug-likeness (QED) is 0.161. The first-order valence-electron chi connectivity index (χ1n) is 30.9. The van der Waals surface area contributed by atoms with Crippen molar-refractivity contribution in [3.63, 3.8) is 0 Å². The smallest absolute Gasteiger partial charge is 0.0887 e. The topological polar surface area (TPSA) is 103 Å². The Morgan fingerprint density at radius 1 is 0.211 bits per heavy atom. The van der Waals surface area contributed by atoms with Crippen LogP contribution in [-0.4, -0.2) is 39.9 Å². The molecule has 8 heterocycles. The molecule has 0 radical (unpaired) electrons. The van der Waals surface area contributed by atoms with Crippen LogP contribution in [0.1, 0.15) is 122 Å². The highest BCUT2D eigenvalue weighted by Gasteiger charge is 2.69. The number of nitrogens with zero attached hydrogens (tertiary/aromatic N) is 8. The summed E-state index contributed by atoms with van der Waals surface area (Å²) in [6.07, 6.45) is 26.0. The van der Waals surface area contributed by atoms with Gasteiger partial charge in [0.1, 0.15) is 0 Å². The van der Waals surface area contributed by atoms with Gasteiger partial charge in [-0.25, -0.2) is 0 Å². The van der Waals surface area contributed by atoms with Gasteiger partial charge < -0.3 is 0 Å². The Balaban J connectivity index is 0.654. The zero-order valence-electron chi connectivity index (χ0n) is 49.4. The van der Waals surface area contributed by atoms with E-state index in [2.05, 4.69) is 147 Å². The average Bonchev–Trinajstić information content (AvgIpc) is 0.710. The van der Waals surface area contributed by atoms with Crippen molar-refractivity contribution < 1.29 is 0 Å². The molecule has 90 heavy (non-hydrogen) atoms. The van der Waals surface area contributed by atoms with Gasteiger partial charge >= 0.3 is 0 Å². The van der Waals surface area contributed by atoms with Crippen LogP contribution in [0.4, 0.5) is 0 Å². The van der Waals surface area contributed by atoms with Gasteiger partial charge in [-0.3, -0.25) is 39.9 Å². The van der Waals surface area contributed by atoms with Gasteiger partial charge in [-0.2, -0.15) is 0 Å². The number of hydrogen-bond acceptors (Lipinski definition) is 8. The fourth-order valence-electron chi connectivity index (χ4n) is 15.4. The third kappa shape index (κ3) is 9.77. The average molecular weight is 1150 g/mol. The number of rotatable bonds is 4. The Kier molecular flexibility index (Phi) is 12.0. The van der Waals surface area contributed by atoms with E-state index in [1.807, 2.05) is 146 Å². The number of hydrogen-bond donors (Lipinski definition) is 0. The maximum Gasteiger partial charge on any atom is 0.0887 e. The second kappa shape index (κ2) is 20.2. The summed E-state index contributed by atoms with van der Waals surface area (Å²) < 4.78 is 0. The summed E-state index contributed by atoms with van der Waals surface area (Å²) in [5.74, 6) is 58.5. The van der Waals surface area contributed by atoms with Gasteiger partial charge in [-0.15, -0.1) is 0 Å². The molecule has 21 rings (SSSR count). The fourth-order valence-corrected chi connectivity index (χ4v) is 15.4. The van der Waals surface area contributed by atoms with Gasteiger partial charge in [-0.1, -0.05) is 119 Å². The largest absolute Gasteiger partial charge is 0.255 e. The van der Waals surface area contributed by atoms with Gasteiger partial charge in [0, 0.05) is 137 Å². The van der Waals surface area contributed by atoms with Crippen molar-refractivity contribution in [1.29, 1.82) is 0 Å². The Hall–Kier alpha value is -11.1. The molecule has 0 aliphatic heterocycles. The van der Waals surface area contributed by atoms with E-state index in [0.717, 1.165) is 167 Å². The highest BCUT2D eigenvalue weighted by molar-refractivity contribution is 5.65. The zero-order valence-corrected chi connectivity index (χ0v) is 49.4. The molecular weight excluding hydrogens is 1100 g/mol. The molecule has 0 amide bonds. The van der Waals surface area contributed by atoms with Crippen molar-refractivity contribution in [2.75, 3.05) is 0 Å². The van der Waals surface area contributed by atoms with Crippen molar-refractivity contribution in [3.8, 4) is 140 Å². The van der Waals surface area contributed by atoms with Gasteiger partial charge in [0.05, 0.1) is 45.6 Å². The monoisotopic (exact) mass is 1150 g/mol. The lowest BCUT2D eigenvalue weighted by Crippen LogP contribution is -2.60. The van der Waals surface area contributed by atoms with Crippen molar-refractivity contribution in [3.05, 3.63) is 228 Å². The summed E-state index contributed by atoms with van der Waals surface area (Å²) >= 11 is 0. The highest BCUT2D eigenvalue weighted by Crippen LogP contribution is 2.75. The van der Waals surface area contributed by atoms with E-state index < -0.39 is 0 Å². The molecule has 9 aromatic rings. The highest BCUT2D eigenvalue weighted by atomic mass is 14.8. The molecule has 12 fully saturated rings. The van der Waals surface area contributed by atoms with E-state index >= 15 is 0 Å². The predicted molar refractivity (Wildman–Crippen MR) is 346 cm³/mol. The van der Waals surface area contributed by atoms with Crippen LogP contribution < -0.4 is 0 Å². The SMILES string of the molecule is C(#CC12CC(C#Cc3cc(C#CC45CC(C#Cc6ccc(-c7ccccn7)nc6)(C4)C5)c(C#CC45CC(C#Cc6ccc(-c7ccccn7)nc6)(C4)C5)cc3C#CC34CC(C#Cc5ccc(-c6ccccn6)nc5)(C3)C4)(C1)C2)c1ccc(-c2ccccn2)nc1. The molecule has 422 valence electrons. The third-order valence-electron chi connectivity index (χ3n) is 19.8. The molecule has 12 aliphatic rings. The van der Waals surface area contributed by atoms with Crippen LogP contribution in [0.3, 0.4) is 0 Å². The third-order valence-corrected chi connectivity index (χ3v) is 19.8. The first-order valence-corrected chi connectivity index (χ1v) is 30.9. The summed E-state index contributed by atoms with van der Waals surface area (Å²) in [5.41, 5.74) is 13.7. The van der Waals surface area contributed by atoms with Crippen molar-refractivity contribution in [1.82, 2.24) is 39.9 Å². The lowest BCUT2D eigenvalue weighted by molar-refractivity contribution is -0.113. The van der Waals surface area contributed by atoms with E-state index in [-0.39, 0.29) is 43.3 Å². The second-order valence-corrected chi connectivity index (χ2v) is 26.9. The molecule has 8 aromatic heterocycles. The molecule has 0 N–H and O–H groups in total. The Morgan fingerprint density at radius 3 is 0.589 bits per heavy atom. The Labute approximate surface area is 525 Å². The number of pyridine rings is 8. The van der Waals surface area contributed by atoms with Crippen molar-refractivity contribution in [2.24, 2.45) is 43.3 Å². The summed E-state index contributed by atoms with van der Waals surface area (Å²) in [7, 11) is 0. The van der Waals surface area contributed by atoms with Crippen molar-refractivity contribution >= 4 is 0 Å². The van der Waals surface area contributed by atoms with Crippen LogP contribution in [-0.2, 0) is 0 Å². The molecule has 0 unspecified atom stereocenters. The van der Waals surface area contributed by atoms with E-state index in [1.54, 1.807) is 24.8 Å². The molecule has 0 spiro atoms. The normalized spacial score (nSPS) is 27.6. The summed E-state index contributed by atoms with van der Waals surface area (Å²) in [5, 5.41) is 0. The van der Waals surface area contributed by atoms with E-state index in [4.69, 9.17) is 0 Å². The summed E-state index contributed by atoms with van der Waals surface area (Å²) in [6.45, 7) is 0. The van der Waals surface area contributed by atoms with Gasteiger partial charge in [-0.05, 0) is 186 Å². The first kappa shape index (κ1) is 53.2. The molecule has 1 aromatic carbocycles. The predicted octanol–water partition coefficient (Wildman–Crippen LogP) is 13.8. The van der Waals surface area contributed by atoms with Crippen LogP contribution in [0, 0.1) is 138 Å².